The molecule has 0 N–H and O–H groups in total. The van der Waals surface area contributed by atoms with Gasteiger partial charge in [-0.15, -0.1) is 0 Å². The van der Waals surface area contributed by atoms with Crippen molar-refractivity contribution in [1.82, 2.24) is 9.80 Å². The van der Waals surface area contributed by atoms with Gasteiger partial charge in [-0.1, -0.05) is 6.07 Å². The molecule has 25 heavy (non-hydrogen) atoms. The van der Waals surface area contributed by atoms with E-state index >= 15 is 0 Å². The number of rotatable bonds is 5. The SMILES string of the molecule is FC(F)(F)c1cccc(OC2CCN(CCN3CCOCC3)CC2)c1. The predicted octanol–water partition coefficient (Wildman–Crippen LogP) is 2.88. The van der Waals surface area contributed by atoms with Gasteiger partial charge in [0.25, 0.3) is 0 Å². The third-order valence-corrected chi connectivity index (χ3v) is 4.83. The first-order valence-electron chi connectivity index (χ1n) is 8.87. The summed E-state index contributed by atoms with van der Waals surface area (Å²) >= 11 is 0. The predicted molar refractivity (Wildman–Crippen MR) is 88.8 cm³/mol. The van der Waals surface area contributed by atoms with Crippen molar-refractivity contribution in [2.24, 2.45) is 0 Å². The number of hydrogen-bond acceptors (Lipinski definition) is 4. The minimum absolute atomic E-state index is 0.0110. The second-order valence-corrected chi connectivity index (χ2v) is 6.64. The van der Waals surface area contributed by atoms with Gasteiger partial charge < -0.3 is 14.4 Å². The summed E-state index contributed by atoms with van der Waals surface area (Å²) in [6, 6.07) is 5.15. The molecule has 0 bridgehead atoms. The average molecular weight is 358 g/mol. The van der Waals surface area contributed by atoms with Crippen molar-refractivity contribution < 1.29 is 22.6 Å². The minimum Gasteiger partial charge on any atom is -0.490 e. The first kappa shape index (κ1) is 18.5. The average Bonchev–Trinajstić information content (AvgIpc) is 2.62. The quantitative estimate of drug-likeness (QED) is 0.808. The molecule has 1 aromatic rings. The van der Waals surface area contributed by atoms with Gasteiger partial charge in [0.15, 0.2) is 0 Å². The van der Waals surface area contributed by atoms with Crippen LogP contribution in [0.1, 0.15) is 18.4 Å². The van der Waals surface area contributed by atoms with E-state index in [1.54, 1.807) is 6.07 Å². The molecule has 0 radical (unpaired) electrons. The Bertz CT molecular complexity index is 539. The van der Waals surface area contributed by atoms with Crippen molar-refractivity contribution in [3.05, 3.63) is 29.8 Å². The minimum atomic E-state index is -4.33. The molecule has 3 rings (SSSR count). The molecule has 2 fully saturated rings. The molecule has 1 aromatic carbocycles. The maximum Gasteiger partial charge on any atom is 0.416 e. The highest BCUT2D eigenvalue weighted by Crippen LogP contribution is 2.32. The van der Waals surface area contributed by atoms with Gasteiger partial charge in [0.2, 0.25) is 0 Å². The lowest BCUT2D eigenvalue weighted by molar-refractivity contribution is -0.137. The van der Waals surface area contributed by atoms with E-state index < -0.39 is 11.7 Å². The summed E-state index contributed by atoms with van der Waals surface area (Å²) in [5.74, 6) is 0.307. The lowest BCUT2D eigenvalue weighted by Gasteiger charge is -2.34. The molecule has 0 aromatic heterocycles. The number of halogens is 3. The summed E-state index contributed by atoms with van der Waals surface area (Å²) < 4.78 is 49.4. The molecule has 2 heterocycles. The maximum absolute atomic E-state index is 12.8. The van der Waals surface area contributed by atoms with Crippen LogP contribution in [0.3, 0.4) is 0 Å². The Labute approximate surface area is 146 Å². The van der Waals surface area contributed by atoms with Crippen molar-refractivity contribution >= 4 is 0 Å². The molecule has 2 aliphatic heterocycles. The number of ether oxygens (including phenoxy) is 2. The summed E-state index contributed by atoms with van der Waals surface area (Å²) in [7, 11) is 0. The smallest absolute Gasteiger partial charge is 0.416 e. The summed E-state index contributed by atoms with van der Waals surface area (Å²) in [4.78, 5) is 4.82. The van der Waals surface area contributed by atoms with Crippen LogP contribution in [-0.2, 0) is 10.9 Å². The number of alkyl halides is 3. The Kier molecular flexibility index (Phi) is 6.19. The monoisotopic (exact) mass is 358 g/mol. The Morgan fingerprint density at radius 3 is 2.28 bits per heavy atom. The molecule has 0 atom stereocenters. The van der Waals surface area contributed by atoms with Crippen molar-refractivity contribution in [3.63, 3.8) is 0 Å². The Hall–Kier alpha value is -1.31. The van der Waals surface area contributed by atoms with Crippen molar-refractivity contribution in [2.75, 3.05) is 52.5 Å². The second-order valence-electron chi connectivity index (χ2n) is 6.64. The van der Waals surface area contributed by atoms with Gasteiger partial charge in [-0.05, 0) is 31.0 Å². The number of hydrogen-bond donors (Lipinski definition) is 0. The second kappa shape index (κ2) is 8.38. The normalized spacial score (nSPS) is 21.4. The topological polar surface area (TPSA) is 24.9 Å². The van der Waals surface area contributed by atoms with E-state index in [-0.39, 0.29) is 6.10 Å². The maximum atomic E-state index is 12.8. The standard InChI is InChI=1S/C18H25F3N2O2/c19-18(20,21)15-2-1-3-17(14-15)25-16-4-6-22(7-5-16)8-9-23-10-12-24-13-11-23/h1-3,14,16H,4-13H2. The van der Waals surface area contributed by atoms with Gasteiger partial charge in [0.1, 0.15) is 11.9 Å². The molecule has 0 aliphatic carbocycles. The molecule has 7 heteroatoms. The van der Waals surface area contributed by atoms with Crippen LogP contribution < -0.4 is 4.74 Å². The van der Waals surface area contributed by atoms with E-state index in [1.165, 1.54) is 6.07 Å². The fourth-order valence-electron chi connectivity index (χ4n) is 3.30. The Balaban J connectivity index is 1.42. The highest BCUT2D eigenvalue weighted by Gasteiger charge is 2.31. The van der Waals surface area contributed by atoms with Gasteiger partial charge in [-0.3, -0.25) is 4.90 Å². The van der Waals surface area contributed by atoms with E-state index in [2.05, 4.69) is 9.80 Å². The molecule has 0 unspecified atom stereocenters. The number of morpholine rings is 1. The molecule has 2 aliphatic rings. The molecular weight excluding hydrogens is 333 g/mol. The van der Waals surface area contributed by atoms with Crippen LogP contribution in [0.25, 0.3) is 0 Å². The zero-order chi connectivity index (χ0) is 17.7. The van der Waals surface area contributed by atoms with Crippen LogP contribution in [0, 0.1) is 0 Å². The van der Waals surface area contributed by atoms with Crippen LogP contribution in [0.4, 0.5) is 13.2 Å². The van der Waals surface area contributed by atoms with Crippen LogP contribution in [0.5, 0.6) is 5.75 Å². The van der Waals surface area contributed by atoms with Gasteiger partial charge in [-0.25, -0.2) is 0 Å². The van der Waals surface area contributed by atoms with Gasteiger partial charge in [0, 0.05) is 39.3 Å². The van der Waals surface area contributed by atoms with Gasteiger partial charge >= 0.3 is 6.18 Å². The molecule has 2 saturated heterocycles. The van der Waals surface area contributed by atoms with E-state index in [0.717, 1.165) is 77.5 Å². The van der Waals surface area contributed by atoms with Crippen LogP contribution >= 0.6 is 0 Å². The van der Waals surface area contributed by atoms with Crippen LogP contribution in [0.15, 0.2) is 24.3 Å². The van der Waals surface area contributed by atoms with E-state index in [4.69, 9.17) is 9.47 Å². The molecule has 0 amide bonds. The van der Waals surface area contributed by atoms with Gasteiger partial charge in [-0.2, -0.15) is 13.2 Å². The lowest BCUT2D eigenvalue weighted by Crippen LogP contribution is -2.44. The first-order valence-corrected chi connectivity index (χ1v) is 8.87. The third-order valence-electron chi connectivity index (χ3n) is 4.83. The van der Waals surface area contributed by atoms with E-state index in [9.17, 15) is 13.2 Å². The highest BCUT2D eigenvalue weighted by molar-refractivity contribution is 5.30. The molecule has 4 nitrogen and oxygen atoms in total. The fourth-order valence-corrected chi connectivity index (χ4v) is 3.30. The molecular formula is C18H25F3N2O2. The third kappa shape index (κ3) is 5.59. The molecule has 0 spiro atoms. The lowest BCUT2D eigenvalue weighted by atomic mass is 10.1. The van der Waals surface area contributed by atoms with Crippen molar-refractivity contribution in [3.8, 4) is 5.75 Å². The summed E-state index contributed by atoms with van der Waals surface area (Å²) in [6.07, 6.45) is -2.65. The molecule has 140 valence electrons. The number of benzene rings is 1. The molecule has 0 saturated carbocycles. The number of nitrogens with zero attached hydrogens (tertiary/aromatic N) is 2. The largest absolute Gasteiger partial charge is 0.490 e. The zero-order valence-electron chi connectivity index (χ0n) is 14.3. The number of piperidine rings is 1. The summed E-state index contributed by atoms with van der Waals surface area (Å²) in [5, 5.41) is 0. The van der Waals surface area contributed by atoms with Crippen molar-refractivity contribution in [2.45, 2.75) is 25.1 Å². The fraction of sp³-hybridized carbons (Fsp3) is 0.667. The van der Waals surface area contributed by atoms with E-state index in [0.29, 0.717) is 5.75 Å². The van der Waals surface area contributed by atoms with Crippen molar-refractivity contribution in [1.29, 1.82) is 0 Å². The first-order chi connectivity index (χ1) is 12.0. The Morgan fingerprint density at radius 2 is 1.64 bits per heavy atom. The number of likely N-dealkylation sites (tertiary alicyclic amines) is 1. The van der Waals surface area contributed by atoms with Crippen LogP contribution in [-0.4, -0.2) is 68.4 Å². The highest BCUT2D eigenvalue weighted by atomic mass is 19.4. The van der Waals surface area contributed by atoms with Gasteiger partial charge in [0.05, 0.1) is 18.8 Å². The summed E-state index contributed by atoms with van der Waals surface area (Å²) in [5.41, 5.74) is -0.659. The van der Waals surface area contributed by atoms with E-state index in [1.807, 2.05) is 0 Å². The summed E-state index contributed by atoms with van der Waals surface area (Å²) in [6.45, 7) is 7.53. The Morgan fingerprint density at radius 1 is 1.00 bits per heavy atom. The zero-order valence-corrected chi connectivity index (χ0v) is 14.3. The van der Waals surface area contributed by atoms with Crippen LogP contribution in [0.2, 0.25) is 0 Å².